The van der Waals surface area contributed by atoms with Crippen molar-refractivity contribution in [1.82, 2.24) is 0 Å². The summed E-state index contributed by atoms with van der Waals surface area (Å²) >= 11 is 0. The number of alkyl halides is 3. The van der Waals surface area contributed by atoms with E-state index in [2.05, 4.69) is 10.6 Å². The van der Waals surface area contributed by atoms with Crippen molar-refractivity contribution >= 4 is 34.8 Å². The van der Waals surface area contributed by atoms with Gasteiger partial charge in [-0.3, -0.25) is 14.4 Å². The summed E-state index contributed by atoms with van der Waals surface area (Å²) in [7, 11) is 0. The summed E-state index contributed by atoms with van der Waals surface area (Å²) in [6, 6.07) is 8.74. The average Bonchev–Trinajstić information content (AvgIpc) is 2.69. The first-order valence-electron chi connectivity index (χ1n) is 9.36. The number of nitrogens with one attached hydrogen (secondary N) is 2. The SMILES string of the molecule is Cc1ccc(NC(=O)C(=O)Nc2ccc(C(F)(F)F)cc2)cc1N1CCCCC1=O. The summed E-state index contributed by atoms with van der Waals surface area (Å²) in [6.45, 7) is 2.44. The van der Waals surface area contributed by atoms with Crippen LogP contribution in [-0.4, -0.2) is 24.3 Å². The van der Waals surface area contributed by atoms with Gasteiger partial charge in [0.2, 0.25) is 5.91 Å². The maximum Gasteiger partial charge on any atom is 0.416 e. The Morgan fingerprint density at radius 1 is 0.933 bits per heavy atom. The highest BCUT2D eigenvalue weighted by atomic mass is 19.4. The van der Waals surface area contributed by atoms with Crippen molar-refractivity contribution in [2.45, 2.75) is 32.4 Å². The van der Waals surface area contributed by atoms with Crippen molar-refractivity contribution in [3.8, 4) is 0 Å². The van der Waals surface area contributed by atoms with Gasteiger partial charge in [0.1, 0.15) is 0 Å². The second kappa shape index (κ2) is 8.56. The van der Waals surface area contributed by atoms with Crippen LogP contribution in [0.4, 0.5) is 30.2 Å². The second-order valence-electron chi connectivity index (χ2n) is 6.99. The first-order valence-corrected chi connectivity index (χ1v) is 9.36. The molecule has 1 heterocycles. The minimum absolute atomic E-state index is 0.00729. The molecule has 2 aromatic carbocycles. The van der Waals surface area contributed by atoms with Crippen LogP contribution in [0.15, 0.2) is 42.5 Å². The minimum atomic E-state index is -4.49. The normalized spacial score (nSPS) is 14.4. The zero-order valence-corrected chi connectivity index (χ0v) is 16.2. The molecular formula is C21H20F3N3O3. The fourth-order valence-electron chi connectivity index (χ4n) is 3.16. The lowest BCUT2D eigenvalue weighted by Crippen LogP contribution is -2.35. The van der Waals surface area contributed by atoms with Gasteiger partial charge in [-0.2, -0.15) is 13.2 Å². The standard InChI is InChI=1S/C21H20F3N3O3/c1-13-5-8-16(12-17(13)27-11-3-2-4-18(27)28)26-20(30)19(29)25-15-9-6-14(7-10-15)21(22,23)24/h5-10,12H,2-4,11H2,1H3,(H,25,29)(H,26,30). The van der Waals surface area contributed by atoms with E-state index in [1.807, 2.05) is 6.92 Å². The molecule has 0 aromatic heterocycles. The van der Waals surface area contributed by atoms with Gasteiger partial charge in [-0.15, -0.1) is 0 Å². The number of hydrogen-bond donors (Lipinski definition) is 2. The molecule has 0 unspecified atom stereocenters. The molecule has 3 rings (SSSR count). The molecule has 0 radical (unpaired) electrons. The molecule has 30 heavy (non-hydrogen) atoms. The summed E-state index contributed by atoms with van der Waals surface area (Å²) in [5, 5.41) is 4.70. The van der Waals surface area contributed by atoms with Crippen LogP contribution in [0.25, 0.3) is 0 Å². The van der Waals surface area contributed by atoms with E-state index in [9.17, 15) is 27.6 Å². The predicted molar refractivity (Wildman–Crippen MR) is 106 cm³/mol. The molecular weight excluding hydrogens is 399 g/mol. The fraction of sp³-hybridized carbons (Fsp3) is 0.286. The van der Waals surface area contributed by atoms with Crippen LogP contribution in [0.2, 0.25) is 0 Å². The quantitative estimate of drug-likeness (QED) is 0.735. The molecule has 1 aliphatic rings. The number of amides is 3. The monoisotopic (exact) mass is 419 g/mol. The zero-order chi connectivity index (χ0) is 21.9. The van der Waals surface area contributed by atoms with Crippen LogP contribution < -0.4 is 15.5 Å². The second-order valence-corrected chi connectivity index (χ2v) is 6.99. The van der Waals surface area contributed by atoms with Crippen LogP contribution in [0, 0.1) is 6.92 Å². The van der Waals surface area contributed by atoms with Gasteiger partial charge < -0.3 is 15.5 Å². The summed E-state index contributed by atoms with van der Waals surface area (Å²) in [4.78, 5) is 38.1. The number of carbonyl (C=O) groups excluding carboxylic acids is 3. The maximum atomic E-state index is 12.6. The molecule has 2 N–H and O–H groups in total. The Bertz CT molecular complexity index is 972. The molecule has 0 aliphatic carbocycles. The van der Waals surface area contributed by atoms with Crippen molar-refractivity contribution in [3.63, 3.8) is 0 Å². The highest BCUT2D eigenvalue weighted by Gasteiger charge is 2.30. The van der Waals surface area contributed by atoms with Crippen LogP contribution in [-0.2, 0) is 20.6 Å². The van der Waals surface area contributed by atoms with E-state index in [4.69, 9.17) is 0 Å². The Balaban J connectivity index is 1.67. The molecule has 1 saturated heterocycles. The molecule has 6 nitrogen and oxygen atoms in total. The van der Waals surface area contributed by atoms with Crippen LogP contribution in [0.1, 0.15) is 30.4 Å². The van der Waals surface area contributed by atoms with E-state index < -0.39 is 23.6 Å². The van der Waals surface area contributed by atoms with Gasteiger partial charge in [0.15, 0.2) is 0 Å². The lowest BCUT2D eigenvalue weighted by Gasteiger charge is -2.28. The maximum absolute atomic E-state index is 12.6. The largest absolute Gasteiger partial charge is 0.416 e. The van der Waals surface area contributed by atoms with Crippen LogP contribution in [0.5, 0.6) is 0 Å². The first-order chi connectivity index (χ1) is 14.1. The molecule has 9 heteroatoms. The predicted octanol–water partition coefficient (Wildman–Crippen LogP) is 4.11. The summed E-state index contributed by atoms with van der Waals surface area (Å²) in [5.74, 6) is -1.99. The number of carbonyl (C=O) groups is 3. The molecule has 0 saturated carbocycles. The number of hydrogen-bond acceptors (Lipinski definition) is 3. The Morgan fingerprint density at radius 3 is 2.13 bits per heavy atom. The molecule has 0 atom stereocenters. The van der Waals surface area contributed by atoms with Gasteiger partial charge in [-0.05, 0) is 61.7 Å². The Labute approximate surface area is 171 Å². The van der Waals surface area contributed by atoms with Crippen LogP contribution in [0.3, 0.4) is 0 Å². The number of nitrogens with zero attached hydrogens (tertiary/aromatic N) is 1. The fourth-order valence-corrected chi connectivity index (χ4v) is 3.16. The van der Waals surface area contributed by atoms with E-state index >= 15 is 0 Å². The number of rotatable bonds is 3. The third kappa shape index (κ3) is 4.97. The van der Waals surface area contributed by atoms with E-state index in [1.54, 1.807) is 23.1 Å². The highest BCUT2D eigenvalue weighted by Crippen LogP contribution is 2.30. The first kappa shape index (κ1) is 21.4. The number of halogens is 3. The van der Waals surface area contributed by atoms with E-state index in [0.29, 0.717) is 24.3 Å². The van der Waals surface area contributed by atoms with Crippen molar-refractivity contribution in [3.05, 3.63) is 53.6 Å². The average molecular weight is 419 g/mol. The van der Waals surface area contributed by atoms with Gasteiger partial charge in [0.25, 0.3) is 0 Å². The Kier molecular flexibility index (Phi) is 6.09. The van der Waals surface area contributed by atoms with Gasteiger partial charge in [0.05, 0.1) is 5.56 Å². The third-order valence-corrected chi connectivity index (χ3v) is 4.76. The molecule has 0 spiro atoms. The summed E-state index contributed by atoms with van der Waals surface area (Å²) in [6.07, 6.45) is -2.30. The molecule has 1 aliphatic heterocycles. The summed E-state index contributed by atoms with van der Waals surface area (Å²) < 4.78 is 37.8. The van der Waals surface area contributed by atoms with Gasteiger partial charge >= 0.3 is 18.0 Å². The smallest absolute Gasteiger partial charge is 0.318 e. The number of anilines is 3. The highest BCUT2D eigenvalue weighted by molar-refractivity contribution is 6.43. The van der Waals surface area contributed by atoms with Gasteiger partial charge in [-0.1, -0.05) is 6.07 Å². The number of benzene rings is 2. The van der Waals surface area contributed by atoms with Gasteiger partial charge in [-0.25, -0.2) is 0 Å². The van der Waals surface area contributed by atoms with E-state index in [1.165, 1.54) is 0 Å². The summed E-state index contributed by atoms with van der Waals surface area (Å²) in [5.41, 5.74) is 1.07. The molecule has 158 valence electrons. The van der Waals surface area contributed by atoms with Crippen molar-refractivity contribution in [2.24, 2.45) is 0 Å². The van der Waals surface area contributed by atoms with Crippen molar-refractivity contribution in [1.29, 1.82) is 0 Å². The lowest BCUT2D eigenvalue weighted by atomic mass is 10.1. The lowest BCUT2D eigenvalue weighted by molar-refractivity contribution is -0.137. The minimum Gasteiger partial charge on any atom is -0.318 e. The molecule has 2 aromatic rings. The Hall–Kier alpha value is -3.36. The van der Waals surface area contributed by atoms with Crippen molar-refractivity contribution < 1.29 is 27.6 Å². The zero-order valence-electron chi connectivity index (χ0n) is 16.2. The van der Waals surface area contributed by atoms with Gasteiger partial charge in [0, 0.05) is 30.0 Å². The third-order valence-electron chi connectivity index (χ3n) is 4.76. The van der Waals surface area contributed by atoms with E-state index in [-0.39, 0.29) is 11.6 Å². The topological polar surface area (TPSA) is 78.5 Å². The van der Waals surface area contributed by atoms with Crippen molar-refractivity contribution in [2.75, 3.05) is 22.1 Å². The molecule has 3 amide bonds. The number of aryl methyl sites for hydroxylation is 1. The molecule has 1 fully saturated rings. The van der Waals surface area contributed by atoms with E-state index in [0.717, 1.165) is 42.7 Å². The Morgan fingerprint density at radius 2 is 1.53 bits per heavy atom. The number of piperidine rings is 1. The van der Waals surface area contributed by atoms with Crippen LogP contribution >= 0.6 is 0 Å². The molecule has 0 bridgehead atoms.